The van der Waals surface area contributed by atoms with Gasteiger partial charge in [0.25, 0.3) is 0 Å². The summed E-state index contributed by atoms with van der Waals surface area (Å²) in [6, 6.07) is 12.2. The molecular formula is C17H20N2O. The molecule has 0 fully saturated rings. The Labute approximate surface area is 119 Å². The summed E-state index contributed by atoms with van der Waals surface area (Å²) in [6.07, 6.45) is 3.99. The molecule has 0 saturated heterocycles. The number of ether oxygens (including phenoxy) is 1. The third-order valence-electron chi connectivity index (χ3n) is 4.01. The van der Waals surface area contributed by atoms with Crippen LogP contribution in [0.2, 0.25) is 0 Å². The summed E-state index contributed by atoms with van der Waals surface area (Å²) in [5.74, 6) is 1.18. The molecule has 2 atom stereocenters. The Hall–Kier alpha value is -1.87. The van der Waals surface area contributed by atoms with Crippen LogP contribution in [0.15, 0.2) is 42.6 Å². The smallest absolute Gasteiger partial charge is 0.124 e. The van der Waals surface area contributed by atoms with E-state index >= 15 is 0 Å². The van der Waals surface area contributed by atoms with E-state index in [4.69, 9.17) is 10.5 Å². The van der Waals surface area contributed by atoms with Gasteiger partial charge in [-0.3, -0.25) is 4.98 Å². The molecule has 20 heavy (non-hydrogen) atoms. The van der Waals surface area contributed by atoms with Crippen molar-refractivity contribution in [3.8, 4) is 5.75 Å². The van der Waals surface area contributed by atoms with Crippen LogP contribution in [-0.4, -0.2) is 11.6 Å². The number of aromatic nitrogens is 1. The number of nitrogens with two attached hydrogens (primary N) is 1. The highest BCUT2D eigenvalue weighted by Crippen LogP contribution is 2.41. The zero-order valence-electron chi connectivity index (χ0n) is 11.8. The molecule has 3 heteroatoms. The molecule has 0 spiro atoms. The van der Waals surface area contributed by atoms with E-state index in [1.165, 1.54) is 5.56 Å². The zero-order valence-corrected chi connectivity index (χ0v) is 11.8. The molecule has 1 aliphatic rings. The van der Waals surface area contributed by atoms with Gasteiger partial charge in [0.15, 0.2) is 0 Å². The lowest BCUT2D eigenvalue weighted by molar-refractivity contribution is 0.331. The third kappa shape index (κ3) is 2.29. The number of hydrogen-bond acceptors (Lipinski definition) is 3. The van der Waals surface area contributed by atoms with Crippen LogP contribution in [0, 0.1) is 0 Å². The molecular weight excluding hydrogens is 248 g/mol. The molecule has 2 unspecified atom stereocenters. The summed E-state index contributed by atoms with van der Waals surface area (Å²) in [5, 5.41) is 0. The van der Waals surface area contributed by atoms with Gasteiger partial charge in [0.05, 0.1) is 6.61 Å². The van der Waals surface area contributed by atoms with Crippen molar-refractivity contribution in [2.45, 2.75) is 31.7 Å². The van der Waals surface area contributed by atoms with Crippen LogP contribution >= 0.6 is 0 Å². The van der Waals surface area contributed by atoms with Crippen LogP contribution in [0.25, 0.3) is 0 Å². The molecule has 0 aliphatic heterocycles. The Kier molecular flexibility index (Phi) is 3.70. The Morgan fingerprint density at radius 1 is 1.30 bits per heavy atom. The van der Waals surface area contributed by atoms with Crippen molar-refractivity contribution in [2.75, 3.05) is 6.61 Å². The lowest BCUT2D eigenvalue weighted by Crippen LogP contribution is -2.19. The molecule has 3 rings (SSSR count). The molecule has 2 aromatic rings. The van der Waals surface area contributed by atoms with Crippen LogP contribution in [0.4, 0.5) is 0 Å². The largest absolute Gasteiger partial charge is 0.494 e. The molecule has 2 N–H and O–H groups in total. The number of fused-ring (bicyclic) bond motifs is 1. The average Bonchev–Trinajstić information content (AvgIpc) is 2.91. The Bertz CT molecular complexity index is 597. The van der Waals surface area contributed by atoms with Crippen LogP contribution in [0.5, 0.6) is 5.75 Å². The number of para-hydroxylation sites is 1. The average molecular weight is 268 g/mol. The van der Waals surface area contributed by atoms with Gasteiger partial charge in [0.2, 0.25) is 0 Å². The number of rotatable bonds is 4. The highest BCUT2D eigenvalue weighted by Gasteiger charge is 2.30. The molecule has 1 aromatic heterocycles. The maximum Gasteiger partial charge on any atom is 0.124 e. The maximum atomic E-state index is 6.53. The normalized spacial score (nSPS) is 18.6. The van der Waals surface area contributed by atoms with Gasteiger partial charge in [-0.25, -0.2) is 0 Å². The van der Waals surface area contributed by atoms with Crippen molar-refractivity contribution in [3.05, 3.63) is 59.4 Å². The fourth-order valence-electron chi connectivity index (χ4n) is 3.05. The summed E-state index contributed by atoms with van der Waals surface area (Å²) >= 11 is 0. The second kappa shape index (κ2) is 5.63. The van der Waals surface area contributed by atoms with Crippen molar-refractivity contribution >= 4 is 0 Å². The van der Waals surface area contributed by atoms with Crippen LogP contribution in [-0.2, 0) is 6.42 Å². The van der Waals surface area contributed by atoms with E-state index < -0.39 is 0 Å². The van der Waals surface area contributed by atoms with Crippen molar-refractivity contribution in [1.82, 2.24) is 4.98 Å². The molecule has 3 nitrogen and oxygen atoms in total. The van der Waals surface area contributed by atoms with Crippen molar-refractivity contribution in [1.29, 1.82) is 0 Å². The fraction of sp³-hybridized carbons (Fsp3) is 0.353. The minimum absolute atomic E-state index is 0.0612. The van der Waals surface area contributed by atoms with Gasteiger partial charge in [-0.1, -0.05) is 24.3 Å². The Balaban J connectivity index is 1.92. The number of hydrogen-bond donors (Lipinski definition) is 1. The maximum absolute atomic E-state index is 6.53. The molecule has 1 heterocycles. The van der Waals surface area contributed by atoms with Gasteiger partial charge in [-0.2, -0.15) is 0 Å². The summed E-state index contributed by atoms with van der Waals surface area (Å²) < 4.78 is 5.71. The first-order valence-corrected chi connectivity index (χ1v) is 7.22. The van der Waals surface area contributed by atoms with Crippen molar-refractivity contribution < 1.29 is 4.74 Å². The predicted octanol–water partition coefficient (Wildman–Crippen LogP) is 3.21. The summed E-state index contributed by atoms with van der Waals surface area (Å²) in [4.78, 5) is 4.54. The monoisotopic (exact) mass is 268 g/mol. The second-order valence-electron chi connectivity index (χ2n) is 5.19. The van der Waals surface area contributed by atoms with E-state index in [-0.39, 0.29) is 12.0 Å². The van der Waals surface area contributed by atoms with Crippen LogP contribution < -0.4 is 10.5 Å². The molecule has 0 radical (unpaired) electrons. The first-order chi connectivity index (χ1) is 9.81. The van der Waals surface area contributed by atoms with Crippen LogP contribution in [0.3, 0.4) is 0 Å². The van der Waals surface area contributed by atoms with Gasteiger partial charge in [0.1, 0.15) is 5.75 Å². The molecule has 104 valence electrons. The van der Waals surface area contributed by atoms with Gasteiger partial charge in [0, 0.05) is 29.4 Å². The number of aryl methyl sites for hydroxylation is 1. The fourth-order valence-corrected chi connectivity index (χ4v) is 3.05. The Morgan fingerprint density at radius 3 is 3.00 bits per heavy atom. The lowest BCUT2D eigenvalue weighted by Gasteiger charge is -2.22. The zero-order chi connectivity index (χ0) is 13.9. The highest BCUT2D eigenvalue weighted by atomic mass is 16.5. The third-order valence-corrected chi connectivity index (χ3v) is 4.01. The minimum atomic E-state index is -0.0612. The van der Waals surface area contributed by atoms with Gasteiger partial charge in [-0.15, -0.1) is 0 Å². The van der Waals surface area contributed by atoms with E-state index in [0.29, 0.717) is 6.61 Å². The van der Waals surface area contributed by atoms with Gasteiger partial charge in [-0.05, 0) is 37.5 Å². The molecule has 0 bridgehead atoms. The Morgan fingerprint density at radius 2 is 2.15 bits per heavy atom. The minimum Gasteiger partial charge on any atom is -0.494 e. The van der Waals surface area contributed by atoms with E-state index in [1.807, 2.05) is 37.4 Å². The second-order valence-corrected chi connectivity index (χ2v) is 5.19. The first kappa shape index (κ1) is 13.1. The van der Waals surface area contributed by atoms with Gasteiger partial charge < -0.3 is 10.5 Å². The van der Waals surface area contributed by atoms with E-state index in [1.54, 1.807) is 0 Å². The first-order valence-electron chi connectivity index (χ1n) is 7.22. The van der Waals surface area contributed by atoms with Gasteiger partial charge >= 0.3 is 0 Å². The molecule has 0 saturated carbocycles. The van der Waals surface area contributed by atoms with E-state index in [9.17, 15) is 0 Å². The van der Waals surface area contributed by atoms with Crippen molar-refractivity contribution in [3.63, 3.8) is 0 Å². The van der Waals surface area contributed by atoms with E-state index in [2.05, 4.69) is 17.1 Å². The standard InChI is InChI=1S/C17H20N2O/c1-2-20-15-8-4-3-7-13(15)16(18)14-10-9-12-6-5-11-19-17(12)14/h3-8,11,14,16H,2,9-10,18H2,1H3. The quantitative estimate of drug-likeness (QED) is 0.926. The van der Waals surface area contributed by atoms with Crippen molar-refractivity contribution in [2.24, 2.45) is 5.73 Å². The SMILES string of the molecule is CCOc1ccccc1C(N)C1CCc2cccnc21. The highest BCUT2D eigenvalue weighted by molar-refractivity contribution is 5.40. The molecule has 1 aliphatic carbocycles. The topological polar surface area (TPSA) is 48.1 Å². The summed E-state index contributed by atoms with van der Waals surface area (Å²) in [7, 11) is 0. The number of pyridine rings is 1. The molecule has 1 aromatic carbocycles. The summed E-state index contributed by atoms with van der Waals surface area (Å²) in [6.45, 7) is 2.65. The number of benzene rings is 1. The van der Waals surface area contributed by atoms with Crippen LogP contribution in [0.1, 0.15) is 42.1 Å². The lowest BCUT2D eigenvalue weighted by atomic mass is 9.91. The van der Waals surface area contributed by atoms with E-state index in [0.717, 1.165) is 29.8 Å². The number of nitrogens with zero attached hydrogens (tertiary/aromatic N) is 1. The molecule has 0 amide bonds. The predicted molar refractivity (Wildman–Crippen MR) is 79.8 cm³/mol. The summed E-state index contributed by atoms with van der Waals surface area (Å²) in [5.41, 5.74) is 10.1.